The van der Waals surface area contributed by atoms with Gasteiger partial charge < -0.3 is 20.5 Å². The number of rotatable bonds is 8. The van der Waals surface area contributed by atoms with Gasteiger partial charge in [-0.1, -0.05) is 12.6 Å². The molecule has 1 amide bonds. The van der Waals surface area contributed by atoms with E-state index in [0.717, 1.165) is 43.8 Å². The summed E-state index contributed by atoms with van der Waals surface area (Å²) in [7, 11) is 1.94. The molecule has 2 spiro atoms. The van der Waals surface area contributed by atoms with Crippen molar-refractivity contribution in [1.82, 2.24) is 15.5 Å². The number of nitrogens with zero attached hydrogens (tertiary/aromatic N) is 1. The lowest BCUT2D eigenvalue weighted by Gasteiger charge is -2.70. The Labute approximate surface area is 221 Å². The second kappa shape index (κ2) is 8.22. The summed E-state index contributed by atoms with van der Waals surface area (Å²) in [4.78, 5) is 14.3. The number of piperidine rings is 1. The summed E-state index contributed by atoms with van der Waals surface area (Å²) in [5.74, 6) is 2.12. The average molecular weight is 506 g/mol. The predicted molar refractivity (Wildman–Crippen MR) is 143 cm³/mol. The third-order valence-electron chi connectivity index (χ3n) is 11.8. The van der Waals surface area contributed by atoms with Gasteiger partial charge in [0.1, 0.15) is 5.75 Å². The van der Waals surface area contributed by atoms with Crippen LogP contribution >= 0.6 is 0 Å². The van der Waals surface area contributed by atoms with Crippen LogP contribution in [0.1, 0.15) is 68.6 Å². The Morgan fingerprint density at radius 3 is 2.81 bits per heavy atom. The third kappa shape index (κ3) is 3.15. The highest BCUT2D eigenvalue weighted by Crippen LogP contribution is 2.76. The van der Waals surface area contributed by atoms with E-state index in [1.807, 2.05) is 13.2 Å². The summed E-state index contributed by atoms with van der Waals surface area (Å²) in [6, 6.07) is 4.80. The van der Waals surface area contributed by atoms with Crippen LogP contribution in [0.25, 0.3) is 0 Å². The minimum Gasteiger partial charge on any atom is -0.508 e. The first-order valence-electron chi connectivity index (χ1n) is 14.6. The van der Waals surface area contributed by atoms with Gasteiger partial charge in [-0.15, -0.1) is 0 Å². The lowest BCUT2D eigenvalue weighted by atomic mass is 9.39. The minimum absolute atomic E-state index is 0.0317. The Morgan fingerprint density at radius 2 is 2.05 bits per heavy atom. The van der Waals surface area contributed by atoms with E-state index >= 15 is 0 Å². The molecule has 3 N–H and O–H groups in total. The SMILES string of the molecule is C=C(CNC(C)=O)NC[C@H]1C[C@@]23CCC[C@@]1(OC)[C@@H]1Cc4c(O)ccc5c4C12CCN(CC1CC1)C3C5. The first-order valence-corrected chi connectivity index (χ1v) is 14.6. The molecule has 1 aliphatic heterocycles. The fourth-order valence-corrected chi connectivity index (χ4v) is 10.4. The monoisotopic (exact) mass is 505 g/mol. The van der Waals surface area contributed by atoms with Crippen LogP contribution in [0.2, 0.25) is 0 Å². The van der Waals surface area contributed by atoms with Gasteiger partial charge in [-0.25, -0.2) is 0 Å². The van der Waals surface area contributed by atoms with Gasteiger partial charge in [-0.05, 0) is 98.4 Å². The molecule has 37 heavy (non-hydrogen) atoms. The van der Waals surface area contributed by atoms with E-state index in [1.165, 1.54) is 61.9 Å². The number of carbonyl (C=O) groups is 1. The number of likely N-dealkylation sites (tertiary alicyclic amines) is 1. The maximum Gasteiger partial charge on any atom is 0.217 e. The molecule has 6 atom stereocenters. The molecule has 4 bridgehead atoms. The number of hydrogen-bond donors (Lipinski definition) is 3. The normalized spacial score (nSPS) is 39.1. The fraction of sp³-hybridized carbons (Fsp3) is 0.710. The van der Waals surface area contributed by atoms with E-state index < -0.39 is 0 Å². The fourth-order valence-electron chi connectivity index (χ4n) is 10.4. The number of phenols is 1. The smallest absolute Gasteiger partial charge is 0.217 e. The number of hydrogen-bond acceptors (Lipinski definition) is 5. The van der Waals surface area contributed by atoms with E-state index in [4.69, 9.17) is 4.74 Å². The van der Waals surface area contributed by atoms with Crippen molar-refractivity contribution in [2.75, 3.05) is 33.3 Å². The zero-order valence-corrected chi connectivity index (χ0v) is 22.6. The van der Waals surface area contributed by atoms with Crippen molar-refractivity contribution in [2.45, 2.75) is 81.8 Å². The summed E-state index contributed by atoms with van der Waals surface area (Å²) in [6.45, 7) is 9.48. The largest absolute Gasteiger partial charge is 0.508 e. The molecule has 2 unspecified atom stereocenters. The highest BCUT2D eigenvalue weighted by Gasteiger charge is 2.76. The van der Waals surface area contributed by atoms with Gasteiger partial charge in [0.05, 0.1) is 12.1 Å². The highest BCUT2D eigenvalue weighted by atomic mass is 16.5. The first kappa shape index (κ1) is 24.0. The second-order valence-electron chi connectivity index (χ2n) is 13.2. The van der Waals surface area contributed by atoms with Crippen LogP contribution in [0.5, 0.6) is 5.75 Å². The number of nitrogens with one attached hydrogen (secondary N) is 2. The van der Waals surface area contributed by atoms with E-state index in [1.54, 1.807) is 6.92 Å². The molecule has 1 heterocycles. The maximum absolute atomic E-state index is 11.4. The maximum atomic E-state index is 11.4. The topological polar surface area (TPSA) is 73.8 Å². The molecule has 200 valence electrons. The number of ether oxygens (including phenoxy) is 1. The van der Waals surface area contributed by atoms with Crippen molar-refractivity contribution in [3.05, 3.63) is 41.1 Å². The summed E-state index contributed by atoms with van der Waals surface area (Å²) in [6.07, 6.45) is 10.8. The average Bonchev–Trinajstić information content (AvgIpc) is 3.66. The van der Waals surface area contributed by atoms with Gasteiger partial charge in [-0.2, -0.15) is 0 Å². The molecule has 1 saturated heterocycles. The van der Waals surface area contributed by atoms with Crippen LogP contribution in [0.4, 0.5) is 0 Å². The standard InChI is InChI=1S/C31H43N3O3/c1-19(16-33-20(2)35)32-17-23-15-29-9-4-10-31(23,37-3)26-14-24-25(36)8-7-22-13-27(29)34(18-21-5-6-21)12-11-30(26,29)28(22)24/h7-8,21,23,26-27,32,36H,1,4-6,9-18H2,2-3H3,(H,33,35)/t23-,26-,27?,29-,30?,31+/m1/s1. The summed E-state index contributed by atoms with van der Waals surface area (Å²) in [5.41, 5.74) is 5.24. The van der Waals surface area contributed by atoms with Crippen molar-refractivity contribution in [1.29, 1.82) is 0 Å². The lowest BCUT2D eigenvalue weighted by molar-refractivity contribution is -0.212. The van der Waals surface area contributed by atoms with E-state index in [0.29, 0.717) is 30.2 Å². The van der Waals surface area contributed by atoms with Gasteiger partial charge in [0.25, 0.3) is 0 Å². The number of benzene rings is 1. The van der Waals surface area contributed by atoms with Crippen LogP contribution in [0.3, 0.4) is 0 Å². The van der Waals surface area contributed by atoms with Crippen molar-refractivity contribution >= 4 is 5.91 Å². The highest BCUT2D eigenvalue weighted by molar-refractivity contribution is 5.73. The number of phenolic OH excluding ortho intramolecular Hbond substituents is 1. The molecule has 0 radical (unpaired) electrons. The molecule has 6 aliphatic carbocycles. The summed E-state index contributed by atoms with van der Waals surface area (Å²) < 4.78 is 6.74. The van der Waals surface area contributed by atoms with Crippen LogP contribution in [-0.2, 0) is 27.8 Å². The first-order chi connectivity index (χ1) is 17.8. The summed E-state index contributed by atoms with van der Waals surface area (Å²) in [5, 5.41) is 17.6. The quantitative estimate of drug-likeness (QED) is 0.503. The molecule has 4 saturated carbocycles. The van der Waals surface area contributed by atoms with Crippen LogP contribution in [-0.4, -0.2) is 60.8 Å². The number of aromatic hydroxyl groups is 1. The van der Waals surface area contributed by atoms with Gasteiger partial charge in [0.15, 0.2) is 0 Å². The number of amides is 1. The molecule has 5 fully saturated rings. The van der Waals surface area contributed by atoms with E-state index in [-0.39, 0.29) is 22.3 Å². The molecule has 0 aromatic heterocycles. The number of fused-ring (bicyclic) bond motifs is 3. The molecule has 6 heteroatoms. The summed E-state index contributed by atoms with van der Waals surface area (Å²) >= 11 is 0. The Balaban J connectivity index is 1.32. The lowest BCUT2D eigenvalue weighted by Crippen LogP contribution is -2.74. The predicted octanol–water partition coefficient (Wildman–Crippen LogP) is 3.66. The van der Waals surface area contributed by atoms with Gasteiger partial charge in [0, 0.05) is 56.1 Å². The Hall–Kier alpha value is -2.05. The van der Waals surface area contributed by atoms with E-state index in [2.05, 4.69) is 28.2 Å². The van der Waals surface area contributed by atoms with Crippen LogP contribution in [0, 0.1) is 23.2 Å². The van der Waals surface area contributed by atoms with Crippen molar-refractivity contribution in [2.24, 2.45) is 23.2 Å². The van der Waals surface area contributed by atoms with Gasteiger partial charge in [0.2, 0.25) is 5.91 Å². The molecular weight excluding hydrogens is 462 g/mol. The third-order valence-corrected chi connectivity index (χ3v) is 11.8. The Morgan fingerprint density at radius 1 is 1.22 bits per heavy atom. The van der Waals surface area contributed by atoms with Gasteiger partial charge >= 0.3 is 0 Å². The van der Waals surface area contributed by atoms with Gasteiger partial charge in [-0.3, -0.25) is 9.69 Å². The molecule has 7 aliphatic rings. The zero-order chi connectivity index (χ0) is 25.6. The molecule has 1 aromatic rings. The van der Waals surface area contributed by atoms with Crippen LogP contribution in [0.15, 0.2) is 24.4 Å². The second-order valence-corrected chi connectivity index (χ2v) is 13.2. The Kier molecular flexibility index (Phi) is 5.34. The minimum atomic E-state index is -0.218. The molecule has 1 aromatic carbocycles. The Bertz CT molecular complexity index is 1150. The van der Waals surface area contributed by atoms with Crippen molar-refractivity contribution < 1.29 is 14.6 Å². The molecular formula is C31H43N3O3. The van der Waals surface area contributed by atoms with Crippen LogP contribution < -0.4 is 10.6 Å². The van der Waals surface area contributed by atoms with E-state index in [9.17, 15) is 9.90 Å². The molecule has 6 nitrogen and oxygen atoms in total. The van der Waals surface area contributed by atoms with Crippen molar-refractivity contribution in [3.63, 3.8) is 0 Å². The van der Waals surface area contributed by atoms with Crippen molar-refractivity contribution in [3.8, 4) is 5.75 Å². The number of methoxy groups -OCH3 is 1. The number of carbonyl (C=O) groups excluding carboxylic acids is 1. The molecule has 8 rings (SSSR count). The zero-order valence-electron chi connectivity index (χ0n) is 22.6.